The zero-order chi connectivity index (χ0) is 26.1. The van der Waals surface area contributed by atoms with E-state index in [1.165, 1.54) is 26.6 Å². The van der Waals surface area contributed by atoms with E-state index in [9.17, 15) is 9.59 Å². The third kappa shape index (κ3) is 7.66. The minimum Gasteiger partial charge on any atom is -0.425 e. The van der Waals surface area contributed by atoms with E-state index in [1.807, 2.05) is 0 Å². The number of para-hydroxylation sites is 1. The van der Waals surface area contributed by atoms with Gasteiger partial charge in [0.25, 0.3) is 0 Å². The number of hydrogen-bond acceptors (Lipinski definition) is 6. The molecule has 1 aliphatic heterocycles. The van der Waals surface area contributed by atoms with Crippen LogP contribution in [0.2, 0.25) is 0 Å². The molecule has 1 saturated heterocycles. The molecule has 1 fully saturated rings. The van der Waals surface area contributed by atoms with Gasteiger partial charge < -0.3 is 19.3 Å². The van der Waals surface area contributed by atoms with Crippen molar-refractivity contribution in [3.63, 3.8) is 0 Å². The fourth-order valence-corrected chi connectivity index (χ4v) is 5.59. The molecule has 6 nitrogen and oxygen atoms in total. The molecule has 0 N–H and O–H groups in total. The summed E-state index contributed by atoms with van der Waals surface area (Å²) in [5.41, 5.74) is 3.71. The summed E-state index contributed by atoms with van der Waals surface area (Å²) < 4.78 is 10.9. The molecular weight excluding hydrogens is 472 g/mol. The van der Waals surface area contributed by atoms with E-state index < -0.39 is 12.4 Å². The zero-order valence-electron chi connectivity index (χ0n) is 22.3. The van der Waals surface area contributed by atoms with Crippen molar-refractivity contribution in [3.05, 3.63) is 53.6 Å². The lowest BCUT2D eigenvalue weighted by molar-refractivity contribution is -0.171. The summed E-state index contributed by atoms with van der Waals surface area (Å²) in [6.45, 7) is 12.5. The van der Waals surface area contributed by atoms with Crippen LogP contribution in [0.5, 0.6) is 0 Å². The number of piperazine rings is 1. The molecule has 0 bridgehead atoms. The Labute approximate surface area is 220 Å². The number of rotatable bonds is 10. The van der Waals surface area contributed by atoms with E-state index in [-0.39, 0.29) is 11.9 Å². The largest absolute Gasteiger partial charge is 0.425 e. The van der Waals surface area contributed by atoms with Crippen LogP contribution in [0, 0.1) is 19.8 Å². The molecule has 3 rings (SSSR count). The van der Waals surface area contributed by atoms with Crippen molar-refractivity contribution in [1.29, 1.82) is 0 Å². The van der Waals surface area contributed by atoms with Crippen LogP contribution in [0.25, 0.3) is 0 Å². The second-order valence-electron chi connectivity index (χ2n) is 9.48. The maximum absolute atomic E-state index is 12.7. The molecule has 2 aromatic carbocycles. The number of amides is 1. The number of ether oxygens (including phenoxy) is 2. The minimum absolute atomic E-state index is 0.133. The van der Waals surface area contributed by atoms with E-state index in [4.69, 9.17) is 9.47 Å². The molecule has 36 heavy (non-hydrogen) atoms. The Kier molecular flexibility index (Phi) is 10.5. The Morgan fingerprint density at radius 3 is 2.22 bits per heavy atom. The molecule has 196 valence electrons. The molecule has 1 heterocycles. The first-order valence-corrected chi connectivity index (χ1v) is 13.9. The van der Waals surface area contributed by atoms with Crippen LogP contribution in [0.15, 0.2) is 52.3 Å². The van der Waals surface area contributed by atoms with Gasteiger partial charge >= 0.3 is 12.1 Å². The normalized spacial score (nSPS) is 14.6. The van der Waals surface area contributed by atoms with Crippen LogP contribution in [0.1, 0.15) is 57.6 Å². The van der Waals surface area contributed by atoms with Gasteiger partial charge in [-0.05, 0) is 50.5 Å². The number of carbonyl (C=O) groups is 2. The van der Waals surface area contributed by atoms with Gasteiger partial charge in [0, 0.05) is 42.9 Å². The highest BCUT2D eigenvalue weighted by atomic mass is 32.2. The van der Waals surface area contributed by atoms with Gasteiger partial charge in [0.1, 0.15) is 0 Å². The molecule has 7 heteroatoms. The van der Waals surface area contributed by atoms with E-state index >= 15 is 0 Å². The minimum atomic E-state index is -0.894. The first-order valence-electron chi connectivity index (χ1n) is 13.1. The molecule has 1 amide bonds. The van der Waals surface area contributed by atoms with E-state index in [0.29, 0.717) is 26.2 Å². The molecule has 0 saturated carbocycles. The number of benzene rings is 2. The molecule has 0 aromatic heterocycles. The average molecular weight is 513 g/mol. The van der Waals surface area contributed by atoms with Crippen molar-refractivity contribution in [1.82, 2.24) is 4.90 Å². The number of esters is 1. The Morgan fingerprint density at radius 1 is 0.917 bits per heavy atom. The number of aryl methyl sites for hydroxylation is 2. The van der Waals surface area contributed by atoms with Crippen molar-refractivity contribution in [2.75, 3.05) is 31.1 Å². The summed E-state index contributed by atoms with van der Waals surface area (Å²) in [4.78, 5) is 31.6. The SMILES string of the molecule is CCCC(CCC)C(=O)OC(C)OC(=O)N1CCN(c2ccccc2Sc2ccc(C)cc2C)CC1. The fourth-order valence-electron chi connectivity index (χ4n) is 4.54. The summed E-state index contributed by atoms with van der Waals surface area (Å²) in [5.74, 6) is -0.409. The first-order chi connectivity index (χ1) is 17.3. The topological polar surface area (TPSA) is 59.1 Å². The van der Waals surface area contributed by atoms with Gasteiger partial charge in [-0.3, -0.25) is 4.79 Å². The van der Waals surface area contributed by atoms with Crippen LogP contribution in [-0.4, -0.2) is 49.4 Å². The number of anilines is 1. The van der Waals surface area contributed by atoms with E-state index in [1.54, 1.807) is 23.6 Å². The highest BCUT2D eigenvalue weighted by Gasteiger charge is 2.27. The number of hydrogen-bond donors (Lipinski definition) is 0. The Morgan fingerprint density at radius 2 is 1.58 bits per heavy atom. The van der Waals surface area contributed by atoms with Crippen molar-refractivity contribution < 1.29 is 19.1 Å². The second kappa shape index (κ2) is 13.6. The van der Waals surface area contributed by atoms with Gasteiger partial charge in [-0.25, -0.2) is 4.79 Å². The lowest BCUT2D eigenvalue weighted by Gasteiger charge is -2.36. The zero-order valence-corrected chi connectivity index (χ0v) is 23.1. The molecule has 1 unspecified atom stereocenters. The standard InChI is InChI=1S/C29H40N2O4S/c1-6-10-24(11-7-2)28(32)34-23(5)35-29(33)31-18-16-30(17-19-31)25-12-8-9-13-27(25)36-26-15-14-21(3)20-22(26)4/h8-9,12-15,20,23-24H,6-7,10-11,16-19H2,1-5H3. The molecule has 0 radical (unpaired) electrons. The van der Waals surface area contributed by atoms with Crippen LogP contribution in [0.4, 0.5) is 10.5 Å². The summed E-state index contributed by atoms with van der Waals surface area (Å²) in [6.07, 6.45) is 2.09. The maximum Gasteiger partial charge on any atom is 0.412 e. The van der Waals surface area contributed by atoms with Crippen LogP contribution >= 0.6 is 11.8 Å². The second-order valence-corrected chi connectivity index (χ2v) is 10.6. The number of carbonyl (C=O) groups excluding carboxylic acids is 2. The molecule has 0 spiro atoms. The van der Waals surface area contributed by atoms with E-state index in [0.717, 1.165) is 25.7 Å². The maximum atomic E-state index is 12.7. The summed E-state index contributed by atoms with van der Waals surface area (Å²) in [5, 5.41) is 0. The molecule has 1 aliphatic rings. The third-order valence-electron chi connectivity index (χ3n) is 6.45. The first kappa shape index (κ1) is 27.9. The Hall–Kier alpha value is -2.67. The Bertz CT molecular complexity index is 1010. The summed E-state index contributed by atoms with van der Waals surface area (Å²) >= 11 is 1.78. The van der Waals surface area contributed by atoms with Gasteiger partial charge in [0.2, 0.25) is 6.29 Å². The van der Waals surface area contributed by atoms with Crippen LogP contribution < -0.4 is 4.90 Å². The lowest BCUT2D eigenvalue weighted by atomic mass is 9.99. The third-order valence-corrected chi connectivity index (χ3v) is 7.69. The van der Waals surface area contributed by atoms with Crippen LogP contribution in [0.3, 0.4) is 0 Å². The quantitative estimate of drug-likeness (QED) is 0.257. The van der Waals surface area contributed by atoms with Gasteiger partial charge in [-0.15, -0.1) is 0 Å². The van der Waals surface area contributed by atoms with Gasteiger partial charge in [0.05, 0.1) is 11.6 Å². The molecule has 2 aromatic rings. The smallest absolute Gasteiger partial charge is 0.412 e. The highest BCUT2D eigenvalue weighted by molar-refractivity contribution is 7.99. The Balaban J connectivity index is 1.54. The monoisotopic (exact) mass is 512 g/mol. The summed E-state index contributed by atoms with van der Waals surface area (Å²) in [7, 11) is 0. The van der Waals surface area contributed by atoms with Gasteiger partial charge in [-0.2, -0.15) is 0 Å². The van der Waals surface area contributed by atoms with Crippen molar-refractivity contribution in [2.24, 2.45) is 5.92 Å². The van der Waals surface area contributed by atoms with Crippen LogP contribution in [-0.2, 0) is 14.3 Å². The summed E-state index contributed by atoms with van der Waals surface area (Å²) in [6, 6.07) is 15.0. The van der Waals surface area contributed by atoms with Crippen molar-refractivity contribution in [2.45, 2.75) is 76.4 Å². The highest BCUT2D eigenvalue weighted by Crippen LogP contribution is 2.37. The van der Waals surface area contributed by atoms with E-state index in [2.05, 4.69) is 75.1 Å². The van der Waals surface area contributed by atoms with Crippen molar-refractivity contribution >= 4 is 29.5 Å². The van der Waals surface area contributed by atoms with Gasteiger partial charge in [0.15, 0.2) is 0 Å². The predicted octanol–water partition coefficient (Wildman–Crippen LogP) is 6.82. The van der Waals surface area contributed by atoms with Crippen molar-refractivity contribution in [3.8, 4) is 0 Å². The fraction of sp³-hybridized carbons (Fsp3) is 0.517. The van der Waals surface area contributed by atoms with Gasteiger partial charge in [-0.1, -0.05) is 68.3 Å². The molecule has 1 atom stereocenters. The molecular formula is C29H40N2O4S. The molecule has 0 aliphatic carbocycles. The average Bonchev–Trinajstić information content (AvgIpc) is 2.86. The lowest BCUT2D eigenvalue weighted by Crippen LogP contribution is -2.49. The number of nitrogens with zero attached hydrogens (tertiary/aromatic N) is 2. The predicted molar refractivity (Wildman–Crippen MR) is 146 cm³/mol.